The lowest BCUT2D eigenvalue weighted by molar-refractivity contribution is 0.0937. The van der Waals surface area contributed by atoms with Gasteiger partial charge in [0.15, 0.2) is 0 Å². The molecule has 0 saturated carbocycles. The van der Waals surface area contributed by atoms with Crippen molar-refractivity contribution >= 4 is 5.91 Å². The van der Waals surface area contributed by atoms with Gasteiger partial charge in [-0.1, -0.05) is 19.9 Å². The van der Waals surface area contributed by atoms with E-state index in [1.54, 1.807) is 24.4 Å². The predicted molar refractivity (Wildman–Crippen MR) is 64.1 cm³/mol. The van der Waals surface area contributed by atoms with Crippen LogP contribution in [0.25, 0.3) is 0 Å². The first kappa shape index (κ1) is 12.6. The Bertz CT molecular complexity index is 333. The van der Waals surface area contributed by atoms with Gasteiger partial charge < -0.3 is 11.1 Å². The summed E-state index contributed by atoms with van der Waals surface area (Å²) in [4.78, 5) is 15.7. The number of pyridine rings is 1. The van der Waals surface area contributed by atoms with Crippen LogP contribution in [0.2, 0.25) is 0 Å². The van der Waals surface area contributed by atoms with E-state index >= 15 is 0 Å². The van der Waals surface area contributed by atoms with Gasteiger partial charge in [0.25, 0.3) is 5.91 Å². The number of nitrogens with two attached hydrogens (primary N) is 1. The summed E-state index contributed by atoms with van der Waals surface area (Å²) in [6, 6.07) is 5.25. The smallest absolute Gasteiger partial charge is 0.269 e. The molecular formula is C12H19N3O. The molecule has 1 amide bonds. The molecule has 0 atom stereocenters. The Morgan fingerprint density at radius 2 is 2.12 bits per heavy atom. The van der Waals surface area contributed by atoms with Gasteiger partial charge in [0.1, 0.15) is 5.69 Å². The van der Waals surface area contributed by atoms with Gasteiger partial charge in [0, 0.05) is 18.3 Å². The molecule has 4 heteroatoms. The van der Waals surface area contributed by atoms with Gasteiger partial charge in [-0.05, 0) is 25.0 Å². The van der Waals surface area contributed by atoms with Crippen LogP contribution in [-0.4, -0.2) is 23.0 Å². The number of nitrogens with one attached hydrogen (secondary N) is 1. The number of rotatable bonds is 5. The topological polar surface area (TPSA) is 68.0 Å². The van der Waals surface area contributed by atoms with Crippen molar-refractivity contribution in [3.8, 4) is 0 Å². The molecule has 0 fully saturated rings. The molecule has 16 heavy (non-hydrogen) atoms. The first-order chi connectivity index (χ1) is 7.61. The third kappa shape index (κ3) is 3.31. The van der Waals surface area contributed by atoms with Crippen molar-refractivity contribution in [1.82, 2.24) is 10.3 Å². The highest BCUT2D eigenvalue weighted by Crippen LogP contribution is 2.09. The Kier molecular flexibility index (Phi) is 4.43. The van der Waals surface area contributed by atoms with Crippen molar-refractivity contribution in [3.63, 3.8) is 0 Å². The normalized spacial score (nSPS) is 11.2. The molecule has 88 valence electrons. The Morgan fingerprint density at radius 3 is 2.62 bits per heavy atom. The highest BCUT2D eigenvalue weighted by molar-refractivity contribution is 5.92. The van der Waals surface area contributed by atoms with Crippen molar-refractivity contribution in [3.05, 3.63) is 30.1 Å². The van der Waals surface area contributed by atoms with Crippen LogP contribution < -0.4 is 11.1 Å². The fourth-order valence-electron chi connectivity index (χ4n) is 1.34. The minimum absolute atomic E-state index is 0.169. The van der Waals surface area contributed by atoms with Gasteiger partial charge in [-0.2, -0.15) is 0 Å². The van der Waals surface area contributed by atoms with Gasteiger partial charge in [0.05, 0.1) is 0 Å². The van der Waals surface area contributed by atoms with Gasteiger partial charge in [-0.25, -0.2) is 0 Å². The quantitative estimate of drug-likeness (QED) is 0.788. The summed E-state index contributed by atoms with van der Waals surface area (Å²) >= 11 is 0. The molecule has 3 N–H and O–H groups in total. The van der Waals surface area contributed by atoms with E-state index < -0.39 is 0 Å². The van der Waals surface area contributed by atoms with Crippen molar-refractivity contribution in [2.75, 3.05) is 6.54 Å². The van der Waals surface area contributed by atoms with E-state index in [0.29, 0.717) is 12.2 Å². The molecule has 0 radical (unpaired) electrons. The second-order valence-corrected chi connectivity index (χ2v) is 3.97. The van der Waals surface area contributed by atoms with Crippen molar-refractivity contribution in [2.24, 2.45) is 5.73 Å². The van der Waals surface area contributed by atoms with E-state index in [4.69, 9.17) is 5.73 Å². The Balaban J connectivity index is 2.54. The van der Waals surface area contributed by atoms with E-state index in [-0.39, 0.29) is 11.4 Å². The summed E-state index contributed by atoms with van der Waals surface area (Å²) in [5.41, 5.74) is 6.20. The van der Waals surface area contributed by atoms with Crippen LogP contribution in [0.1, 0.15) is 37.2 Å². The van der Waals surface area contributed by atoms with Gasteiger partial charge in [0.2, 0.25) is 0 Å². The fourth-order valence-corrected chi connectivity index (χ4v) is 1.34. The van der Waals surface area contributed by atoms with Gasteiger partial charge in [-0.3, -0.25) is 9.78 Å². The second kappa shape index (κ2) is 5.61. The van der Waals surface area contributed by atoms with Crippen LogP contribution in [0.4, 0.5) is 0 Å². The Morgan fingerprint density at radius 1 is 1.44 bits per heavy atom. The fraction of sp³-hybridized carbons (Fsp3) is 0.500. The summed E-state index contributed by atoms with van der Waals surface area (Å²) in [5, 5.41) is 2.81. The average Bonchev–Trinajstić information content (AvgIpc) is 2.36. The molecule has 0 aromatic carbocycles. The lowest BCUT2D eigenvalue weighted by Crippen LogP contribution is -2.49. The maximum absolute atomic E-state index is 11.7. The van der Waals surface area contributed by atoms with Crippen LogP contribution in [-0.2, 0) is 0 Å². The highest BCUT2D eigenvalue weighted by Gasteiger charge is 2.21. The lowest BCUT2D eigenvalue weighted by atomic mass is 9.94. The summed E-state index contributed by atoms with van der Waals surface area (Å²) in [6.07, 6.45) is 3.28. The molecule has 0 unspecified atom stereocenters. The third-order valence-electron chi connectivity index (χ3n) is 2.91. The summed E-state index contributed by atoms with van der Waals surface area (Å²) in [7, 11) is 0. The van der Waals surface area contributed by atoms with Crippen molar-refractivity contribution in [1.29, 1.82) is 0 Å². The third-order valence-corrected chi connectivity index (χ3v) is 2.91. The first-order valence-electron chi connectivity index (χ1n) is 5.59. The molecule has 0 spiro atoms. The maximum Gasteiger partial charge on any atom is 0.269 e. The SMILES string of the molecule is CCC(N)(CC)CNC(=O)c1ccccn1. The molecule has 0 aliphatic carbocycles. The van der Waals surface area contributed by atoms with Crippen LogP contribution >= 0.6 is 0 Å². The summed E-state index contributed by atoms with van der Waals surface area (Å²) in [5.74, 6) is -0.169. The molecule has 0 saturated heterocycles. The molecule has 0 aliphatic heterocycles. The van der Waals surface area contributed by atoms with Crippen LogP contribution in [0.3, 0.4) is 0 Å². The van der Waals surface area contributed by atoms with E-state index in [9.17, 15) is 4.79 Å². The Hall–Kier alpha value is -1.42. The number of carbonyl (C=O) groups is 1. The number of hydrogen-bond acceptors (Lipinski definition) is 3. The van der Waals surface area contributed by atoms with E-state index in [2.05, 4.69) is 10.3 Å². The highest BCUT2D eigenvalue weighted by atomic mass is 16.1. The van der Waals surface area contributed by atoms with Gasteiger partial charge in [-0.15, -0.1) is 0 Å². The monoisotopic (exact) mass is 221 g/mol. The zero-order valence-electron chi connectivity index (χ0n) is 9.86. The predicted octanol–water partition coefficient (Wildman–Crippen LogP) is 1.33. The number of nitrogens with zero attached hydrogens (tertiary/aromatic N) is 1. The largest absolute Gasteiger partial charge is 0.349 e. The minimum atomic E-state index is -0.315. The Labute approximate surface area is 96.3 Å². The van der Waals surface area contributed by atoms with E-state index in [1.807, 2.05) is 13.8 Å². The van der Waals surface area contributed by atoms with E-state index in [1.165, 1.54) is 0 Å². The molecule has 1 rings (SSSR count). The molecule has 1 aromatic heterocycles. The summed E-state index contributed by atoms with van der Waals surface area (Å²) in [6.45, 7) is 4.53. The second-order valence-electron chi connectivity index (χ2n) is 3.97. The maximum atomic E-state index is 11.7. The zero-order chi connectivity index (χ0) is 12.0. The number of amides is 1. The van der Waals surface area contributed by atoms with Crippen LogP contribution in [0, 0.1) is 0 Å². The zero-order valence-corrected chi connectivity index (χ0v) is 9.86. The standard InChI is InChI=1S/C12H19N3O/c1-3-12(13,4-2)9-15-11(16)10-7-5-6-8-14-10/h5-8H,3-4,9,13H2,1-2H3,(H,15,16). The van der Waals surface area contributed by atoms with E-state index in [0.717, 1.165) is 12.8 Å². The summed E-state index contributed by atoms with van der Waals surface area (Å²) < 4.78 is 0. The molecule has 0 aliphatic rings. The van der Waals surface area contributed by atoms with Crippen LogP contribution in [0.15, 0.2) is 24.4 Å². The lowest BCUT2D eigenvalue weighted by Gasteiger charge is -2.26. The molecule has 1 heterocycles. The molecular weight excluding hydrogens is 202 g/mol. The first-order valence-corrected chi connectivity index (χ1v) is 5.59. The molecule has 1 aromatic rings. The molecule has 0 bridgehead atoms. The van der Waals surface area contributed by atoms with Crippen molar-refractivity contribution in [2.45, 2.75) is 32.2 Å². The number of carbonyl (C=O) groups excluding carboxylic acids is 1. The van der Waals surface area contributed by atoms with Crippen molar-refractivity contribution < 1.29 is 4.79 Å². The average molecular weight is 221 g/mol. The molecule has 4 nitrogen and oxygen atoms in total. The minimum Gasteiger partial charge on any atom is -0.349 e. The van der Waals surface area contributed by atoms with Crippen LogP contribution in [0.5, 0.6) is 0 Å². The number of aromatic nitrogens is 1. The number of hydrogen-bond donors (Lipinski definition) is 2. The van der Waals surface area contributed by atoms with Gasteiger partial charge >= 0.3 is 0 Å².